The topological polar surface area (TPSA) is 276 Å². The van der Waals surface area contributed by atoms with Crippen molar-refractivity contribution in [2.24, 2.45) is 39.9 Å². The minimum absolute atomic E-state index is 0.109. The molecule has 4 aliphatic carbocycles. The first-order valence-electron chi connectivity index (χ1n) is 23.5. The summed E-state index contributed by atoms with van der Waals surface area (Å²) in [7, 11) is 1.50. The van der Waals surface area contributed by atoms with Crippen LogP contribution in [-0.2, 0) is 57.0 Å². The number of ketones is 1. The van der Waals surface area contributed by atoms with Gasteiger partial charge in [-0.15, -0.1) is 0 Å². The average Bonchev–Trinajstić information content (AvgIpc) is 3.69. The molecule has 4 heterocycles. The lowest BCUT2D eigenvalue weighted by molar-refractivity contribution is -0.356. The first-order valence-corrected chi connectivity index (χ1v) is 23.5. The maximum absolute atomic E-state index is 14.9. The molecule has 19 heteroatoms. The van der Waals surface area contributed by atoms with E-state index in [0.717, 1.165) is 50.5 Å². The molecule has 1 spiro atoms. The van der Waals surface area contributed by atoms with Crippen LogP contribution in [0.15, 0.2) is 11.6 Å². The molecule has 368 valence electrons. The van der Waals surface area contributed by atoms with E-state index >= 15 is 0 Å². The Kier molecular flexibility index (Phi) is 14.6. The summed E-state index contributed by atoms with van der Waals surface area (Å²) >= 11 is 0. The molecule has 0 aromatic carbocycles. The van der Waals surface area contributed by atoms with Gasteiger partial charge in [-0.2, -0.15) is 0 Å². The van der Waals surface area contributed by atoms with Crippen molar-refractivity contribution in [3.8, 4) is 0 Å². The summed E-state index contributed by atoms with van der Waals surface area (Å²) < 4.78 is 53.2. The minimum atomic E-state index is -1.75. The fraction of sp³-hybridized carbons (Fsp3) is 0.891. The van der Waals surface area contributed by atoms with Gasteiger partial charge < -0.3 is 78.4 Å². The Labute approximate surface area is 378 Å². The number of ether oxygens (including phenoxy) is 9. The molecular weight excluding hydrogens is 856 g/mol. The van der Waals surface area contributed by atoms with Gasteiger partial charge in [0.2, 0.25) is 0 Å². The van der Waals surface area contributed by atoms with Gasteiger partial charge in [0.25, 0.3) is 0 Å². The number of carbonyl (C=O) groups excluding carboxylic acids is 3. The third kappa shape index (κ3) is 8.99. The number of Topliss-reactive ketones (excluding diaryl/α,β-unsaturated/α-hetero) is 1. The number of hydrogen-bond acceptors (Lipinski definition) is 19. The molecule has 0 aromatic heterocycles. The lowest BCUT2D eigenvalue weighted by Crippen LogP contribution is -2.66. The third-order valence-electron chi connectivity index (χ3n) is 17.1. The largest absolute Gasteiger partial charge is 0.465 e. The Bertz CT molecular complexity index is 1760. The van der Waals surface area contributed by atoms with Crippen molar-refractivity contribution in [1.82, 2.24) is 0 Å². The fourth-order valence-corrected chi connectivity index (χ4v) is 13.6. The first kappa shape index (κ1) is 49.2. The van der Waals surface area contributed by atoms with Gasteiger partial charge in [0.1, 0.15) is 67.3 Å². The van der Waals surface area contributed by atoms with E-state index in [2.05, 4.69) is 13.8 Å². The molecule has 22 atom stereocenters. The lowest BCUT2D eigenvalue weighted by Gasteiger charge is -2.67. The standard InChI is InChI=1S/C46H70O19/c1-21-40(65-42-39(55)37(53)35(51)30(64-42)20-60-41-38(54)36(52)34(50)29(17-47)63-41)28(57-5)16-33(61-21)62-27-8-10-45(4)26(25(27)19-58-22(2)48)7-13-46-12-6-24(14-23-15-32(49)59-18-23)44(3,43(46)56)11-9-31(45)46/h15,21,24-31,33-42,47,50-55H,6-14,16-20H2,1-5H3/t21-,24+,25+,26-,27-,28+,29+,30+,31-,33-,34+,35+,36-,37-,38+,39+,40-,41+,42-,44+,45-,46+/m0/s1. The van der Waals surface area contributed by atoms with Gasteiger partial charge in [-0.25, -0.2) is 4.79 Å². The van der Waals surface area contributed by atoms with Crippen molar-refractivity contribution in [3.05, 3.63) is 11.6 Å². The normalized spacial score (nSPS) is 49.9. The van der Waals surface area contributed by atoms with Crippen LogP contribution in [0.1, 0.15) is 91.9 Å². The zero-order valence-corrected chi connectivity index (χ0v) is 38.0. The Morgan fingerprint density at radius 2 is 1.49 bits per heavy atom. The Morgan fingerprint density at radius 3 is 2.17 bits per heavy atom. The van der Waals surface area contributed by atoms with Crippen LogP contribution in [0.3, 0.4) is 0 Å². The molecule has 0 radical (unpaired) electrons. The van der Waals surface area contributed by atoms with Gasteiger partial charge >= 0.3 is 11.9 Å². The number of aliphatic hydroxyl groups is 7. The van der Waals surface area contributed by atoms with E-state index in [9.17, 15) is 50.1 Å². The molecule has 7 N–H and O–H groups in total. The number of cyclic esters (lactones) is 1. The van der Waals surface area contributed by atoms with Crippen molar-refractivity contribution in [3.63, 3.8) is 0 Å². The summed E-state index contributed by atoms with van der Waals surface area (Å²) in [6.45, 7) is 6.91. The Morgan fingerprint density at radius 1 is 0.800 bits per heavy atom. The fourth-order valence-electron chi connectivity index (χ4n) is 13.6. The second-order valence-electron chi connectivity index (χ2n) is 20.6. The van der Waals surface area contributed by atoms with E-state index in [1.807, 2.05) is 0 Å². The molecule has 3 saturated heterocycles. The van der Waals surface area contributed by atoms with E-state index in [1.54, 1.807) is 13.0 Å². The second kappa shape index (κ2) is 19.3. The van der Waals surface area contributed by atoms with Crippen molar-refractivity contribution in [1.29, 1.82) is 0 Å². The van der Waals surface area contributed by atoms with Crippen LogP contribution in [0.4, 0.5) is 0 Å². The third-order valence-corrected chi connectivity index (χ3v) is 17.1. The quantitative estimate of drug-likeness (QED) is 0.0958. The van der Waals surface area contributed by atoms with Crippen molar-refractivity contribution in [2.75, 3.05) is 33.5 Å². The molecule has 7 fully saturated rings. The van der Waals surface area contributed by atoms with E-state index in [-0.39, 0.29) is 60.2 Å². The zero-order chi connectivity index (χ0) is 46.7. The van der Waals surface area contributed by atoms with Crippen LogP contribution in [0.5, 0.6) is 0 Å². The molecule has 4 aliphatic heterocycles. The molecule has 0 aromatic rings. The van der Waals surface area contributed by atoms with Crippen molar-refractivity contribution < 1.29 is 92.8 Å². The summed E-state index contributed by atoms with van der Waals surface area (Å²) in [6, 6.07) is 0. The molecular formula is C46H70O19. The molecule has 8 rings (SSSR count). The summed E-state index contributed by atoms with van der Waals surface area (Å²) in [6.07, 6.45) is -10.1. The van der Waals surface area contributed by atoms with Gasteiger partial charge in [-0.1, -0.05) is 13.8 Å². The first-order chi connectivity index (χ1) is 30.8. The van der Waals surface area contributed by atoms with E-state index < -0.39 is 110 Å². The highest BCUT2D eigenvalue weighted by molar-refractivity contribution is 5.92. The van der Waals surface area contributed by atoms with Gasteiger partial charge in [0, 0.05) is 43.3 Å². The number of methoxy groups -OCH3 is 1. The number of esters is 2. The molecule has 2 bridgehead atoms. The Hall–Kier alpha value is -2.21. The van der Waals surface area contributed by atoms with Crippen LogP contribution >= 0.6 is 0 Å². The predicted octanol–water partition coefficient (Wildman–Crippen LogP) is 0.175. The van der Waals surface area contributed by atoms with Crippen LogP contribution in [0.25, 0.3) is 0 Å². The molecule has 65 heavy (non-hydrogen) atoms. The molecule has 8 aliphatic rings. The highest BCUT2D eigenvalue weighted by Crippen LogP contribution is 2.71. The number of rotatable bonds is 13. The van der Waals surface area contributed by atoms with Gasteiger partial charge in [-0.05, 0) is 93.5 Å². The monoisotopic (exact) mass is 926 g/mol. The smallest absolute Gasteiger partial charge is 0.331 e. The van der Waals surface area contributed by atoms with E-state index in [4.69, 9.17) is 42.6 Å². The zero-order valence-electron chi connectivity index (χ0n) is 38.0. The number of fused-ring (bicyclic) bond motifs is 3. The highest BCUT2D eigenvalue weighted by atomic mass is 16.8. The maximum Gasteiger partial charge on any atom is 0.331 e. The highest BCUT2D eigenvalue weighted by Gasteiger charge is 2.68. The van der Waals surface area contributed by atoms with E-state index in [1.165, 1.54) is 14.0 Å². The van der Waals surface area contributed by atoms with Crippen molar-refractivity contribution in [2.45, 2.75) is 184 Å². The summed E-state index contributed by atoms with van der Waals surface area (Å²) in [5.41, 5.74) is -0.120. The molecule has 0 unspecified atom stereocenters. The maximum atomic E-state index is 14.9. The molecule has 0 amide bonds. The Balaban J connectivity index is 0.916. The molecule has 4 saturated carbocycles. The van der Waals surface area contributed by atoms with Gasteiger partial charge in [-0.3, -0.25) is 9.59 Å². The second-order valence-corrected chi connectivity index (χ2v) is 20.6. The van der Waals surface area contributed by atoms with Gasteiger partial charge in [0.15, 0.2) is 18.9 Å². The summed E-state index contributed by atoms with van der Waals surface area (Å²) in [5.74, 6) is -0.0476. The van der Waals surface area contributed by atoms with Crippen molar-refractivity contribution >= 4 is 17.7 Å². The van der Waals surface area contributed by atoms with Crippen LogP contribution in [0, 0.1) is 39.9 Å². The predicted molar refractivity (Wildman–Crippen MR) is 221 cm³/mol. The lowest BCUT2D eigenvalue weighted by atomic mass is 9.36. The number of aliphatic hydroxyl groups excluding tert-OH is 7. The van der Waals surface area contributed by atoms with Gasteiger partial charge in [0.05, 0.1) is 38.1 Å². The van der Waals surface area contributed by atoms with Crippen LogP contribution in [-0.4, -0.2) is 179 Å². The SMILES string of the molecule is CO[C@@H]1C[C@H](O[C@H]2CC[C@]3(C)[C@@H]4CC[C@@]5(C)C(=O)[C@]4(CC[C@@H]5CC4=CC(=O)OC4)CC[C@H]3[C@H]2COC(C)=O)O[C@@H](C)[C@@H]1O[C@@H]1O[C@H](CO[C@@H]2O[C@H](CO)[C@@H](O)[C@H](O)[C@H]2O)[C@@H](O)[C@H](O)[C@H]1O. The summed E-state index contributed by atoms with van der Waals surface area (Å²) in [5, 5.41) is 72.8. The summed E-state index contributed by atoms with van der Waals surface area (Å²) in [4.78, 5) is 39.0. The number of carbonyl (C=O) groups is 3. The minimum Gasteiger partial charge on any atom is -0.465 e. The van der Waals surface area contributed by atoms with Crippen LogP contribution in [0.2, 0.25) is 0 Å². The number of hydrogen-bond donors (Lipinski definition) is 7. The average molecular weight is 927 g/mol. The van der Waals surface area contributed by atoms with E-state index in [0.29, 0.717) is 25.2 Å². The van der Waals surface area contributed by atoms with Crippen LogP contribution < -0.4 is 0 Å². The molecule has 19 nitrogen and oxygen atoms in total.